The second-order valence-electron chi connectivity index (χ2n) is 8.80. The molecule has 4 rings (SSSR count). The molecule has 1 aliphatic rings. The Labute approximate surface area is 210 Å². The molecule has 0 bridgehead atoms. The van der Waals surface area contributed by atoms with E-state index in [1.54, 1.807) is 42.5 Å². The molecule has 3 aromatic rings. The van der Waals surface area contributed by atoms with Crippen LogP contribution in [0.5, 0.6) is 0 Å². The third-order valence-electron chi connectivity index (χ3n) is 6.61. The first kappa shape index (κ1) is 25.0. The van der Waals surface area contributed by atoms with E-state index < -0.39 is 5.54 Å². The highest BCUT2D eigenvalue weighted by molar-refractivity contribution is 7.80. The van der Waals surface area contributed by atoms with Gasteiger partial charge in [0, 0.05) is 23.7 Å². The number of aliphatic hydroxyl groups is 1. The summed E-state index contributed by atoms with van der Waals surface area (Å²) in [6, 6.07) is 25.1. The lowest BCUT2D eigenvalue weighted by Gasteiger charge is -2.47. The monoisotopic (exact) mass is 492 g/mol. The minimum absolute atomic E-state index is 0.0872. The molecular formula is C28H29FN2O3S. The molecule has 3 atom stereocenters. The Morgan fingerprint density at radius 3 is 2.37 bits per heavy atom. The number of benzene rings is 3. The Hall–Kier alpha value is -3.13. The van der Waals surface area contributed by atoms with Crippen molar-refractivity contribution >= 4 is 23.2 Å². The summed E-state index contributed by atoms with van der Waals surface area (Å²) in [6.45, 7) is 0.275. The third-order valence-corrected chi connectivity index (χ3v) is 6.81. The summed E-state index contributed by atoms with van der Waals surface area (Å²) < 4.78 is 21.2. The Morgan fingerprint density at radius 2 is 1.69 bits per heavy atom. The predicted molar refractivity (Wildman–Crippen MR) is 137 cm³/mol. The van der Waals surface area contributed by atoms with Crippen LogP contribution in [0, 0.1) is 11.7 Å². The van der Waals surface area contributed by atoms with Crippen molar-refractivity contribution in [2.24, 2.45) is 5.92 Å². The van der Waals surface area contributed by atoms with Gasteiger partial charge in [0.05, 0.1) is 18.2 Å². The SMILES string of the molecule is O=C(NC(=S)N[C@@]1(c2ccccc2F)CC[C@H](OCc2ccccc2)C[C@H]1CO)c1ccccc1. The first-order valence-electron chi connectivity index (χ1n) is 11.7. The molecule has 35 heavy (non-hydrogen) atoms. The Balaban J connectivity index is 1.54. The quantitative estimate of drug-likeness (QED) is 0.417. The van der Waals surface area contributed by atoms with E-state index in [1.165, 1.54) is 6.07 Å². The molecule has 0 radical (unpaired) electrons. The van der Waals surface area contributed by atoms with Gasteiger partial charge in [0.1, 0.15) is 5.82 Å². The van der Waals surface area contributed by atoms with Gasteiger partial charge in [0.25, 0.3) is 5.91 Å². The summed E-state index contributed by atoms with van der Waals surface area (Å²) >= 11 is 5.49. The summed E-state index contributed by atoms with van der Waals surface area (Å²) in [4.78, 5) is 12.6. The van der Waals surface area contributed by atoms with Crippen LogP contribution in [0.2, 0.25) is 0 Å². The highest BCUT2D eigenvalue weighted by atomic mass is 32.1. The van der Waals surface area contributed by atoms with Crippen LogP contribution in [0.25, 0.3) is 0 Å². The van der Waals surface area contributed by atoms with Crippen molar-refractivity contribution < 1.29 is 19.0 Å². The van der Waals surface area contributed by atoms with E-state index in [2.05, 4.69) is 10.6 Å². The molecule has 0 aromatic heterocycles. The molecule has 1 saturated carbocycles. The number of hydrogen-bond acceptors (Lipinski definition) is 4. The van der Waals surface area contributed by atoms with E-state index in [0.717, 1.165) is 5.56 Å². The van der Waals surface area contributed by atoms with Crippen molar-refractivity contribution in [3.05, 3.63) is 107 Å². The van der Waals surface area contributed by atoms with Gasteiger partial charge in [-0.3, -0.25) is 10.1 Å². The summed E-state index contributed by atoms with van der Waals surface area (Å²) in [6.07, 6.45) is 1.53. The van der Waals surface area contributed by atoms with E-state index >= 15 is 4.39 Å². The van der Waals surface area contributed by atoms with Gasteiger partial charge in [-0.05, 0) is 55.2 Å². The Morgan fingerprint density at radius 1 is 1.03 bits per heavy atom. The molecule has 1 fully saturated rings. The molecule has 7 heteroatoms. The van der Waals surface area contributed by atoms with Gasteiger partial charge in [-0.15, -0.1) is 0 Å². The van der Waals surface area contributed by atoms with Crippen molar-refractivity contribution in [3.63, 3.8) is 0 Å². The molecule has 0 spiro atoms. The number of thiocarbonyl (C=S) groups is 1. The third kappa shape index (κ3) is 5.93. The van der Waals surface area contributed by atoms with E-state index in [0.29, 0.717) is 37.0 Å². The first-order valence-corrected chi connectivity index (χ1v) is 12.1. The van der Waals surface area contributed by atoms with Crippen LogP contribution in [0.4, 0.5) is 4.39 Å². The molecule has 182 valence electrons. The number of rotatable bonds is 7. The van der Waals surface area contributed by atoms with E-state index in [4.69, 9.17) is 17.0 Å². The smallest absolute Gasteiger partial charge is 0.257 e. The highest BCUT2D eigenvalue weighted by Crippen LogP contribution is 2.43. The van der Waals surface area contributed by atoms with Crippen LogP contribution >= 0.6 is 12.2 Å². The molecule has 3 N–H and O–H groups in total. The number of hydrogen-bond donors (Lipinski definition) is 3. The molecule has 1 amide bonds. The van der Waals surface area contributed by atoms with Crippen molar-refractivity contribution in [2.75, 3.05) is 6.61 Å². The number of halogens is 1. The summed E-state index contributed by atoms with van der Waals surface area (Å²) in [5.41, 5.74) is 0.959. The number of nitrogens with one attached hydrogen (secondary N) is 2. The van der Waals surface area contributed by atoms with Gasteiger partial charge >= 0.3 is 0 Å². The minimum Gasteiger partial charge on any atom is -0.396 e. The van der Waals surface area contributed by atoms with Gasteiger partial charge < -0.3 is 15.2 Å². The molecule has 1 aliphatic carbocycles. The molecular weight excluding hydrogens is 463 g/mol. The normalized spacial score (nSPS) is 21.8. The van der Waals surface area contributed by atoms with Crippen LogP contribution in [-0.4, -0.2) is 28.8 Å². The van der Waals surface area contributed by atoms with E-state index in [9.17, 15) is 9.90 Å². The lowest BCUT2D eigenvalue weighted by Crippen LogP contribution is -2.58. The van der Waals surface area contributed by atoms with Crippen LogP contribution in [-0.2, 0) is 16.9 Å². The number of ether oxygens (including phenoxy) is 1. The van der Waals surface area contributed by atoms with Crippen LogP contribution in [0.3, 0.4) is 0 Å². The zero-order valence-corrected chi connectivity index (χ0v) is 20.1. The average Bonchev–Trinajstić information content (AvgIpc) is 2.89. The fourth-order valence-corrected chi connectivity index (χ4v) is 5.08. The van der Waals surface area contributed by atoms with Crippen LogP contribution < -0.4 is 10.6 Å². The Kier molecular flexibility index (Phi) is 8.23. The number of aliphatic hydroxyl groups excluding tert-OH is 1. The largest absolute Gasteiger partial charge is 0.396 e. The van der Waals surface area contributed by atoms with Gasteiger partial charge in [0.2, 0.25) is 0 Å². The van der Waals surface area contributed by atoms with E-state index in [-0.39, 0.29) is 35.5 Å². The summed E-state index contributed by atoms with van der Waals surface area (Å²) in [5.74, 6) is -1.13. The van der Waals surface area contributed by atoms with Crippen molar-refractivity contribution in [3.8, 4) is 0 Å². The lowest BCUT2D eigenvalue weighted by molar-refractivity contribution is -0.0388. The van der Waals surface area contributed by atoms with Crippen LogP contribution in [0.15, 0.2) is 84.9 Å². The van der Waals surface area contributed by atoms with Crippen LogP contribution in [0.1, 0.15) is 40.7 Å². The molecule has 0 unspecified atom stereocenters. The fourth-order valence-electron chi connectivity index (χ4n) is 4.81. The summed E-state index contributed by atoms with van der Waals surface area (Å²) in [5, 5.41) is 16.4. The maximum atomic E-state index is 15.1. The maximum absolute atomic E-state index is 15.1. The highest BCUT2D eigenvalue weighted by Gasteiger charge is 2.47. The predicted octanol–water partition coefficient (Wildman–Crippen LogP) is 4.70. The Bertz CT molecular complexity index is 1150. The molecule has 3 aromatic carbocycles. The standard InChI is InChI=1S/C28H29FN2O3S/c29-25-14-8-7-13-24(25)28(31-27(35)30-26(33)21-11-5-2-6-12-21)16-15-23(17-22(28)18-32)34-19-20-9-3-1-4-10-20/h1-14,22-23,32H,15-19H2,(H2,30,31,33,35)/t22-,23-,28-/m0/s1. The fraction of sp³-hybridized carbons (Fsp3) is 0.286. The minimum atomic E-state index is -0.992. The zero-order valence-electron chi connectivity index (χ0n) is 19.3. The second-order valence-corrected chi connectivity index (χ2v) is 9.21. The van der Waals surface area contributed by atoms with Crippen molar-refractivity contribution in [1.82, 2.24) is 10.6 Å². The average molecular weight is 493 g/mol. The topological polar surface area (TPSA) is 70.6 Å². The maximum Gasteiger partial charge on any atom is 0.257 e. The molecule has 5 nitrogen and oxygen atoms in total. The van der Waals surface area contributed by atoms with Gasteiger partial charge in [-0.2, -0.15) is 0 Å². The lowest BCUT2D eigenvalue weighted by atomic mass is 9.68. The second kappa shape index (κ2) is 11.5. The summed E-state index contributed by atoms with van der Waals surface area (Å²) in [7, 11) is 0. The first-order chi connectivity index (χ1) is 17.0. The van der Waals surface area contributed by atoms with Gasteiger partial charge in [0.15, 0.2) is 5.11 Å². The number of carbonyl (C=O) groups excluding carboxylic acids is 1. The number of carbonyl (C=O) groups is 1. The number of amides is 1. The van der Waals surface area contributed by atoms with Crippen molar-refractivity contribution in [1.29, 1.82) is 0 Å². The van der Waals surface area contributed by atoms with Gasteiger partial charge in [-0.25, -0.2) is 4.39 Å². The van der Waals surface area contributed by atoms with Gasteiger partial charge in [-0.1, -0.05) is 66.7 Å². The van der Waals surface area contributed by atoms with E-state index in [1.807, 2.05) is 36.4 Å². The molecule has 0 aliphatic heterocycles. The van der Waals surface area contributed by atoms with Crippen molar-refractivity contribution in [2.45, 2.75) is 37.5 Å². The zero-order chi connectivity index (χ0) is 24.7. The molecule has 0 saturated heterocycles. The molecule has 0 heterocycles.